The molecule has 4 rings (SSSR count). The summed E-state index contributed by atoms with van der Waals surface area (Å²) < 4.78 is 5.69. The Morgan fingerprint density at radius 2 is 1.94 bits per heavy atom. The van der Waals surface area contributed by atoms with E-state index in [4.69, 9.17) is 21.7 Å². The van der Waals surface area contributed by atoms with Crippen LogP contribution in [0.4, 0.5) is 0 Å². The molecule has 1 aromatic carbocycles. The van der Waals surface area contributed by atoms with E-state index < -0.39 is 0 Å². The molecule has 0 saturated carbocycles. The van der Waals surface area contributed by atoms with Crippen molar-refractivity contribution in [3.63, 3.8) is 0 Å². The van der Waals surface area contributed by atoms with Gasteiger partial charge < -0.3 is 25.7 Å². The number of carbonyl (C=O) groups is 2. The van der Waals surface area contributed by atoms with Crippen LogP contribution in [0.25, 0.3) is 0 Å². The summed E-state index contributed by atoms with van der Waals surface area (Å²) in [7, 11) is 0. The molecule has 1 unspecified atom stereocenters. The second-order valence-electron chi connectivity index (χ2n) is 9.03. The summed E-state index contributed by atoms with van der Waals surface area (Å²) in [5.41, 5.74) is 3.06. The van der Waals surface area contributed by atoms with Gasteiger partial charge in [-0.2, -0.15) is 0 Å². The number of ether oxygens (including phenoxy) is 1. The molecular formula is C26H31ClN4O3. The van der Waals surface area contributed by atoms with Crippen LogP contribution in [0.2, 0.25) is 5.02 Å². The van der Waals surface area contributed by atoms with Gasteiger partial charge in [0.2, 0.25) is 0 Å². The molecule has 2 heterocycles. The molecule has 3 aliphatic rings. The van der Waals surface area contributed by atoms with Gasteiger partial charge in [0.25, 0.3) is 11.8 Å². The molecule has 0 spiro atoms. The van der Waals surface area contributed by atoms with E-state index in [0.717, 1.165) is 31.4 Å². The van der Waals surface area contributed by atoms with Gasteiger partial charge in [0.15, 0.2) is 0 Å². The van der Waals surface area contributed by atoms with Crippen molar-refractivity contribution in [3.8, 4) is 0 Å². The van der Waals surface area contributed by atoms with E-state index in [1.807, 2.05) is 18.0 Å². The number of carbonyl (C=O) groups excluding carboxylic acids is 2. The van der Waals surface area contributed by atoms with Crippen LogP contribution in [0.3, 0.4) is 0 Å². The van der Waals surface area contributed by atoms with E-state index in [2.05, 4.69) is 10.6 Å². The largest absolute Gasteiger partial charge is 0.390 e. The maximum Gasteiger partial charge on any atom is 0.253 e. The van der Waals surface area contributed by atoms with Crippen LogP contribution in [0.1, 0.15) is 36.5 Å². The van der Waals surface area contributed by atoms with E-state index in [1.165, 1.54) is 0 Å². The van der Waals surface area contributed by atoms with Gasteiger partial charge >= 0.3 is 0 Å². The number of nitrogens with one attached hydrogen (secondary N) is 3. The summed E-state index contributed by atoms with van der Waals surface area (Å²) in [6.45, 7) is 5.19. The van der Waals surface area contributed by atoms with Gasteiger partial charge in [-0.1, -0.05) is 11.6 Å². The Labute approximate surface area is 205 Å². The second-order valence-corrected chi connectivity index (χ2v) is 9.47. The SMILES string of the molecule is CC1=C(C(=O)NCC2CCCCO2)C=CC(=N)/C1=C\NCC1CN(C(=O)c2ccc(Cl)cc2)C1. The van der Waals surface area contributed by atoms with Crippen LogP contribution in [0.15, 0.2) is 59.3 Å². The normalized spacial score (nSPS) is 22.1. The van der Waals surface area contributed by atoms with Crippen LogP contribution >= 0.6 is 11.6 Å². The van der Waals surface area contributed by atoms with Crippen LogP contribution in [-0.2, 0) is 9.53 Å². The number of rotatable bonds is 7. The molecule has 1 aromatic rings. The van der Waals surface area contributed by atoms with Crippen molar-refractivity contribution in [2.24, 2.45) is 5.92 Å². The zero-order chi connectivity index (χ0) is 24.1. The Kier molecular flexibility index (Phi) is 7.85. The van der Waals surface area contributed by atoms with Crippen molar-refractivity contribution < 1.29 is 14.3 Å². The summed E-state index contributed by atoms with van der Waals surface area (Å²) in [6, 6.07) is 6.94. The van der Waals surface area contributed by atoms with Crippen LogP contribution in [0, 0.1) is 11.3 Å². The first-order valence-electron chi connectivity index (χ1n) is 11.8. The van der Waals surface area contributed by atoms with E-state index in [1.54, 1.807) is 36.4 Å². The number of allylic oxidation sites excluding steroid dienone is 3. The van der Waals surface area contributed by atoms with Gasteiger partial charge in [0, 0.05) is 66.6 Å². The predicted molar refractivity (Wildman–Crippen MR) is 133 cm³/mol. The molecule has 2 aliphatic heterocycles. The molecule has 2 amide bonds. The maximum absolute atomic E-state index is 12.7. The molecule has 3 N–H and O–H groups in total. The topological polar surface area (TPSA) is 94.5 Å². The number of nitrogens with zero attached hydrogens (tertiary/aromatic N) is 1. The predicted octanol–water partition coefficient (Wildman–Crippen LogP) is 3.48. The van der Waals surface area contributed by atoms with E-state index in [-0.39, 0.29) is 17.9 Å². The van der Waals surface area contributed by atoms with Gasteiger partial charge in [-0.25, -0.2) is 0 Å². The summed E-state index contributed by atoms with van der Waals surface area (Å²) in [4.78, 5) is 27.1. The molecule has 8 heteroatoms. The van der Waals surface area contributed by atoms with Gasteiger partial charge in [0.1, 0.15) is 0 Å². The van der Waals surface area contributed by atoms with Crippen LogP contribution in [0.5, 0.6) is 0 Å². The van der Waals surface area contributed by atoms with Crippen molar-refractivity contribution in [2.75, 3.05) is 32.8 Å². The lowest BCUT2D eigenvalue weighted by molar-refractivity contribution is -0.118. The molecule has 2 fully saturated rings. The van der Waals surface area contributed by atoms with Gasteiger partial charge in [-0.05, 0) is 68.2 Å². The zero-order valence-electron chi connectivity index (χ0n) is 19.4. The Hall–Kier alpha value is -2.90. The number of benzene rings is 1. The first kappa shape index (κ1) is 24.2. The molecular weight excluding hydrogens is 452 g/mol. The standard InChI is InChI=1S/C26H31ClN4O3/c1-17-22(25(32)30-13-21-4-2-3-11-34-21)9-10-24(28)23(17)14-29-12-18-15-31(16-18)26(33)19-5-7-20(27)8-6-19/h5-10,14,18,21,28-29H,2-4,11-13,15-16H2,1H3,(H,30,32)/b23-14-,28-24?. The quantitative estimate of drug-likeness (QED) is 0.554. The summed E-state index contributed by atoms with van der Waals surface area (Å²) in [6.07, 6.45) is 8.43. The minimum absolute atomic E-state index is 0.0125. The third kappa shape index (κ3) is 5.77. The van der Waals surface area contributed by atoms with Gasteiger partial charge in [-0.3, -0.25) is 9.59 Å². The highest BCUT2D eigenvalue weighted by molar-refractivity contribution is 6.30. The Bertz CT molecular complexity index is 1030. The second kappa shape index (κ2) is 11.0. The highest BCUT2D eigenvalue weighted by Crippen LogP contribution is 2.23. The smallest absolute Gasteiger partial charge is 0.253 e. The monoisotopic (exact) mass is 482 g/mol. The Balaban J connectivity index is 1.27. The number of hydrogen-bond acceptors (Lipinski definition) is 5. The van der Waals surface area contributed by atoms with Crippen molar-refractivity contribution in [1.29, 1.82) is 5.41 Å². The fourth-order valence-electron chi connectivity index (χ4n) is 4.40. The fourth-order valence-corrected chi connectivity index (χ4v) is 4.52. The fraction of sp³-hybridized carbons (Fsp3) is 0.423. The Morgan fingerprint density at radius 1 is 1.18 bits per heavy atom. The summed E-state index contributed by atoms with van der Waals surface area (Å²) in [5, 5.41) is 15.1. The molecule has 34 heavy (non-hydrogen) atoms. The van der Waals surface area contributed by atoms with Crippen molar-refractivity contribution in [3.05, 3.63) is 69.9 Å². The minimum atomic E-state index is -0.142. The van der Waals surface area contributed by atoms with Crippen molar-refractivity contribution in [2.45, 2.75) is 32.3 Å². The third-order valence-corrected chi connectivity index (χ3v) is 6.76. The number of likely N-dealkylation sites (tertiary alicyclic amines) is 1. The molecule has 180 valence electrons. The molecule has 2 saturated heterocycles. The lowest BCUT2D eigenvalue weighted by Gasteiger charge is -2.39. The first-order chi connectivity index (χ1) is 16.4. The van der Waals surface area contributed by atoms with E-state index in [9.17, 15) is 9.59 Å². The number of hydrogen-bond donors (Lipinski definition) is 3. The lowest BCUT2D eigenvalue weighted by atomic mass is 9.92. The first-order valence-corrected chi connectivity index (χ1v) is 12.2. The minimum Gasteiger partial charge on any atom is -0.390 e. The maximum atomic E-state index is 12.7. The lowest BCUT2D eigenvalue weighted by Crippen LogP contribution is -2.52. The molecule has 0 bridgehead atoms. The van der Waals surface area contributed by atoms with Crippen molar-refractivity contribution in [1.82, 2.24) is 15.5 Å². The summed E-state index contributed by atoms with van der Waals surface area (Å²) in [5.74, 6) is 0.208. The van der Waals surface area contributed by atoms with E-state index in [0.29, 0.717) is 59.5 Å². The van der Waals surface area contributed by atoms with Crippen molar-refractivity contribution >= 4 is 29.1 Å². The molecule has 1 aliphatic carbocycles. The average molecular weight is 483 g/mol. The summed E-state index contributed by atoms with van der Waals surface area (Å²) >= 11 is 5.89. The van der Waals surface area contributed by atoms with Gasteiger partial charge in [-0.15, -0.1) is 0 Å². The zero-order valence-corrected chi connectivity index (χ0v) is 20.2. The molecule has 0 aromatic heterocycles. The van der Waals surface area contributed by atoms with Gasteiger partial charge in [0.05, 0.1) is 11.8 Å². The van der Waals surface area contributed by atoms with Crippen LogP contribution < -0.4 is 10.6 Å². The number of amides is 2. The third-order valence-electron chi connectivity index (χ3n) is 6.51. The average Bonchev–Trinajstić information content (AvgIpc) is 2.81. The Morgan fingerprint density at radius 3 is 2.65 bits per heavy atom. The van der Waals surface area contributed by atoms with E-state index >= 15 is 0 Å². The highest BCUT2D eigenvalue weighted by Gasteiger charge is 2.31. The highest BCUT2D eigenvalue weighted by atomic mass is 35.5. The number of halogens is 1. The molecule has 1 atom stereocenters. The van der Waals surface area contributed by atoms with Crippen LogP contribution in [-0.4, -0.2) is 61.3 Å². The molecule has 0 radical (unpaired) electrons. The molecule has 7 nitrogen and oxygen atoms in total.